The Morgan fingerprint density at radius 3 is 2.67 bits per heavy atom. The third-order valence-corrected chi connectivity index (χ3v) is 3.53. The Balaban J connectivity index is 1.88. The van der Waals surface area contributed by atoms with Crippen LogP contribution in [0.25, 0.3) is 0 Å². The van der Waals surface area contributed by atoms with Crippen LogP contribution in [0, 0.1) is 6.92 Å². The number of nitrogens with zero attached hydrogens (tertiary/aromatic N) is 3. The Hall–Kier alpha value is -2.70. The fraction of sp³-hybridized carbons (Fsp3) is 0.286. The topological polar surface area (TPSA) is 88.3 Å². The van der Waals surface area contributed by atoms with Gasteiger partial charge in [-0.05, 0) is 31.5 Å². The zero-order valence-electron chi connectivity index (χ0n) is 11.7. The first-order chi connectivity index (χ1) is 10.0. The molecule has 0 bridgehead atoms. The number of carbonyl (C=O) groups excluding carboxylic acids is 2. The number of nitrogens with one attached hydrogen (secondary N) is 1. The number of urea groups is 1. The predicted octanol–water partition coefficient (Wildman–Crippen LogP) is 1.35. The van der Waals surface area contributed by atoms with Gasteiger partial charge >= 0.3 is 6.03 Å². The normalized spacial score (nSPS) is 21.7. The number of hydrogen-bond acceptors (Lipinski definition) is 5. The molecule has 1 aliphatic heterocycles. The second kappa shape index (κ2) is 4.69. The Kier molecular flexibility index (Phi) is 2.97. The van der Waals surface area contributed by atoms with Crippen molar-refractivity contribution < 1.29 is 14.1 Å². The van der Waals surface area contributed by atoms with Crippen molar-refractivity contribution in [3.63, 3.8) is 0 Å². The van der Waals surface area contributed by atoms with E-state index in [1.165, 1.54) is 0 Å². The van der Waals surface area contributed by atoms with Crippen LogP contribution in [0.15, 0.2) is 35.1 Å². The molecule has 0 spiro atoms. The summed E-state index contributed by atoms with van der Waals surface area (Å²) in [6, 6.07) is 4.67. The van der Waals surface area contributed by atoms with E-state index in [0.29, 0.717) is 17.0 Å². The summed E-state index contributed by atoms with van der Waals surface area (Å²) < 4.78 is 4.95. The van der Waals surface area contributed by atoms with E-state index in [4.69, 9.17) is 4.52 Å². The maximum absolute atomic E-state index is 12.6. The minimum absolute atomic E-state index is 0.0860. The standard InChI is InChI=1S/C14H14N4O3/c1-9-7-11(17-21-9)8-18-12(19)14(2,16-13(18)20)10-3-5-15-6-4-10/h3-7H,8H2,1-2H3,(H,16,20)/t14-/m0/s1. The molecule has 3 rings (SSSR count). The Morgan fingerprint density at radius 2 is 2.05 bits per heavy atom. The van der Waals surface area contributed by atoms with E-state index in [1.807, 2.05) is 0 Å². The molecule has 21 heavy (non-hydrogen) atoms. The van der Waals surface area contributed by atoms with E-state index in [0.717, 1.165) is 4.90 Å². The SMILES string of the molecule is Cc1cc(CN2C(=O)N[C@@](C)(c3ccncc3)C2=O)no1. The summed E-state index contributed by atoms with van der Waals surface area (Å²) in [5.74, 6) is 0.313. The molecule has 1 fully saturated rings. The highest BCUT2D eigenvalue weighted by molar-refractivity contribution is 6.07. The van der Waals surface area contributed by atoms with Gasteiger partial charge in [0.1, 0.15) is 17.0 Å². The highest BCUT2D eigenvalue weighted by Gasteiger charge is 2.49. The summed E-state index contributed by atoms with van der Waals surface area (Å²) in [6.45, 7) is 3.52. The van der Waals surface area contributed by atoms with E-state index in [1.54, 1.807) is 44.4 Å². The molecular formula is C14H14N4O3. The van der Waals surface area contributed by atoms with Gasteiger partial charge in [0.05, 0.1) is 6.54 Å². The molecule has 3 heterocycles. The maximum Gasteiger partial charge on any atom is 0.325 e. The van der Waals surface area contributed by atoms with E-state index in [-0.39, 0.29) is 12.5 Å². The second-order valence-electron chi connectivity index (χ2n) is 5.11. The predicted molar refractivity (Wildman–Crippen MR) is 71.9 cm³/mol. The molecule has 0 radical (unpaired) electrons. The molecule has 7 nitrogen and oxygen atoms in total. The van der Waals surface area contributed by atoms with Crippen LogP contribution in [-0.2, 0) is 16.9 Å². The summed E-state index contributed by atoms with van der Waals surface area (Å²) >= 11 is 0. The number of pyridine rings is 1. The molecule has 1 aliphatic rings. The zero-order chi connectivity index (χ0) is 15.0. The molecular weight excluding hydrogens is 272 g/mol. The number of rotatable bonds is 3. The van der Waals surface area contributed by atoms with Gasteiger partial charge < -0.3 is 9.84 Å². The lowest BCUT2D eigenvalue weighted by Crippen LogP contribution is -2.40. The van der Waals surface area contributed by atoms with Crippen LogP contribution < -0.4 is 5.32 Å². The van der Waals surface area contributed by atoms with Crippen LogP contribution >= 0.6 is 0 Å². The minimum Gasteiger partial charge on any atom is -0.361 e. The van der Waals surface area contributed by atoms with Crippen molar-refractivity contribution in [2.45, 2.75) is 25.9 Å². The molecule has 1 saturated heterocycles. The van der Waals surface area contributed by atoms with Crippen LogP contribution in [0.3, 0.4) is 0 Å². The van der Waals surface area contributed by atoms with Crippen molar-refractivity contribution in [2.24, 2.45) is 0 Å². The summed E-state index contributed by atoms with van der Waals surface area (Å²) in [6.07, 6.45) is 3.17. The molecule has 0 saturated carbocycles. The highest BCUT2D eigenvalue weighted by Crippen LogP contribution is 2.29. The molecule has 7 heteroatoms. The molecule has 3 amide bonds. The van der Waals surface area contributed by atoms with Crippen LogP contribution in [0.5, 0.6) is 0 Å². The number of amides is 3. The number of carbonyl (C=O) groups is 2. The van der Waals surface area contributed by atoms with Crippen LogP contribution in [0.4, 0.5) is 4.79 Å². The second-order valence-corrected chi connectivity index (χ2v) is 5.11. The first-order valence-electron chi connectivity index (χ1n) is 6.47. The number of aromatic nitrogens is 2. The quantitative estimate of drug-likeness (QED) is 0.860. The van der Waals surface area contributed by atoms with Crippen LogP contribution in [0.2, 0.25) is 0 Å². The number of hydrogen-bond donors (Lipinski definition) is 1. The molecule has 0 unspecified atom stereocenters. The van der Waals surface area contributed by atoms with Crippen molar-refractivity contribution in [1.82, 2.24) is 20.4 Å². The van der Waals surface area contributed by atoms with Crippen molar-refractivity contribution in [3.05, 3.63) is 47.6 Å². The van der Waals surface area contributed by atoms with Gasteiger partial charge in [-0.2, -0.15) is 0 Å². The molecule has 1 atom stereocenters. The lowest BCUT2D eigenvalue weighted by Gasteiger charge is -2.21. The third kappa shape index (κ3) is 2.16. The van der Waals surface area contributed by atoms with E-state index in [9.17, 15) is 9.59 Å². The fourth-order valence-corrected chi connectivity index (χ4v) is 2.38. The summed E-state index contributed by atoms with van der Waals surface area (Å²) in [4.78, 5) is 29.8. The van der Waals surface area contributed by atoms with Gasteiger partial charge in [0, 0.05) is 18.5 Å². The average Bonchev–Trinajstić information content (AvgIpc) is 2.98. The first kappa shape index (κ1) is 13.3. The molecule has 0 aromatic carbocycles. The van der Waals surface area contributed by atoms with Crippen LogP contribution in [0.1, 0.15) is 23.9 Å². The van der Waals surface area contributed by atoms with Gasteiger partial charge in [-0.15, -0.1) is 0 Å². The first-order valence-corrected chi connectivity index (χ1v) is 6.47. The lowest BCUT2D eigenvalue weighted by atomic mass is 9.93. The van der Waals surface area contributed by atoms with Gasteiger partial charge in [-0.1, -0.05) is 5.16 Å². The molecule has 1 N–H and O–H groups in total. The monoisotopic (exact) mass is 286 g/mol. The third-order valence-electron chi connectivity index (χ3n) is 3.53. The van der Waals surface area contributed by atoms with Gasteiger partial charge in [0.25, 0.3) is 5.91 Å². The summed E-state index contributed by atoms with van der Waals surface area (Å²) in [5.41, 5.74) is 0.142. The van der Waals surface area contributed by atoms with Gasteiger partial charge in [-0.3, -0.25) is 14.7 Å². The lowest BCUT2D eigenvalue weighted by molar-refractivity contribution is -0.131. The van der Waals surface area contributed by atoms with Gasteiger partial charge in [0.15, 0.2) is 0 Å². The van der Waals surface area contributed by atoms with E-state index >= 15 is 0 Å². The average molecular weight is 286 g/mol. The van der Waals surface area contributed by atoms with Crippen molar-refractivity contribution in [3.8, 4) is 0 Å². The van der Waals surface area contributed by atoms with E-state index in [2.05, 4.69) is 15.5 Å². The van der Waals surface area contributed by atoms with E-state index < -0.39 is 11.6 Å². The molecule has 108 valence electrons. The van der Waals surface area contributed by atoms with Gasteiger partial charge in [-0.25, -0.2) is 4.79 Å². The smallest absolute Gasteiger partial charge is 0.325 e. The number of aryl methyl sites for hydroxylation is 1. The molecule has 2 aromatic heterocycles. The molecule has 0 aliphatic carbocycles. The Labute approximate surface area is 120 Å². The zero-order valence-corrected chi connectivity index (χ0v) is 11.7. The summed E-state index contributed by atoms with van der Waals surface area (Å²) in [5, 5.41) is 6.53. The largest absolute Gasteiger partial charge is 0.361 e. The minimum atomic E-state index is -1.08. The number of imide groups is 1. The van der Waals surface area contributed by atoms with Crippen molar-refractivity contribution >= 4 is 11.9 Å². The molecule has 2 aromatic rings. The summed E-state index contributed by atoms with van der Waals surface area (Å²) in [7, 11) is 0. The van der Waals surface area contributed by atoms with Crippen LogP contribution in [-0.4, -0.2) is 27.0 Å². The highest BCUT2D eigenvalue weighted by atomic mass is 16.5. The van der Waals surface area contributed by atoms with Crippen molar-refractivity contribution in [2.75, 3.05) is 0 Å². The fourth-order valence-electron chi connectivity index (χ4n) is 2.38. The van der Waals surface area contributed by atoms with Gasteiger partial charge in [0.2, 0.25) is 0 Å². The van der Waals surface area contributed by atoms with Crippen molar-refractivity contribution in [1.29, 1.82) is 0 Å². The Morgan fingerprint density at radius 1 is 1.33 bits per heavy atom. The Bertz CT molecular complexity index is 697. The maximum atomic E-state index is 12.6.